The number of ether oxygens (including phenoxy) is 2. The predicted octanol–water partition coefficient (Wildman–Crippen LogP) is 3.87. The Morgan fingerprint density at radius 2 is 1.88 bits per heavy atom. The van der Waals surface area contributed by atoms with E-state index < -0.39 is 0 Å². The Labute approximate surface area is 155 Å². The Morgan fingerprint density at radius 1 is 1.08 bits per heavy atom. The van der Waals surface area contributed by atoms with Crippen molar-refractivity contribution >= 4 is 28.5 Å². The second-order valence-electron chi connectivity index (χ2n) is 5.21. The molecule has 1 amide bonds. The molecule has 0 saturated carbocycles. The quantitative estimate of drug-likeness (QED) is 0.670. The summed E-state index contributed by atoms with van der Waals surface area (Å²) in [4.78, 5) is 12.2. The number of methoxy groups -OCH3 is 2. The van der Waals surface area contributed by atoms with Crippen molar-refractivity contribution in [3.05, 3.63) is 60.2 Å². The molecule has 6 nitrogen and oxygen atoms in total. The van der Waals surface area contributed by atoms with E-state index in [0.717, 1.165) is 16.1 Å². The normalized spacial score (nSPS) is 10.7. The summed E-state index contributed by atoms with van der Waals surface area (Å²) in [6, 6.07) is 15.1. The summed E-state index contributed by atoms with van der Waals surface area (Å²) >= 11 is 1.32. The molecule has 0 aliphatic heterocycles. The minimum absolute atomic E-state index is 0.300. The van der Waals surface area contributed by atoms with Crippen LogP contribution in [0.5, 0.6) is 11.5 Å². The standard InChI is InChI=1S/C19H17N3O3S/c1-24-15-9-10-16(25-2)14(12-15)8-11-17(23)20-19-22-21-18(26-19)13-6-4-3-5-7-13/h3-12H,1-2H3,(H,20,22,23)/b11-8+. The van der Waals surface area contributed by atoms with Gasteiger partial charge in [0.2, 0.25) is 11.0 Å². The van der Waals surface area contributed by atoms with Gasteiger partial charge >= 0.3 is 0 Å². The highest BCUT2D eigenvalue weighted by atomic mass is 32.1. The van der Waals surface area contributed by atoms with Crippen molar-refractivity contribution in [2.75, 3.05) is 19.5 Å². The zero-order chi connectivity index (χ0) is 18.4. The van der Waals surface area contributed by atoms with Crippen molar-refractivity contribution in [2.45, 2.75) is 0 Å². The van der Waals surface area contributed by atoms with E-state index in [1.54, 1.807) is 38.5 Å². The fourth-order valence-electron chi connectivity index (χ4n) is 2.25. The number of hydrogen-bond acceptors (Lipinski definition) is 6. The maximum absolute atomic E-state index is 12.2. The van der Waals surface area contributed by atoms with Crippen molar-refractivity contribution in [3.63, 3.8) is 0 Å². The van der Waals surface area contributed by atoms with Gasteiger partial charge in [0, 0.05) is 17.2 Å². The van der Waals surface area contributed by atoms with Crippen molar-refractivity contribution in [3.8, 4) is 22.1 Å². The Bertz CT molecular complexity index is 923. The van der Waals surface area contributed by atoms with E-state index in [4.69, 9.17) is 9.47 Å². The molecule has 0 atom stereocenters. The van der Waals surface area contributed by atoms with Crippen LogP contribution >= 0.6 is 11.3 Å². The molecule has 26 heavy (non-hydrogen) atoms. The molecule has 3 aromatic rings. The second kappa shape index (κ2) is 8.26. The highest BCUT2D eigenvalue weighted by Gasteiger charge is 2.08. The van der Waals surface area contributed by atoms with Gasteiger partial charge in [0.15, 0.2) is 0 Å². The number of nitrogens with zero attached hydrogens (tertiary/aromatic N) is 2. The second-order valence-corrected chi connectivity index (χ2v) is 6.19. The number of amides is 1. The van der Waals surface area contributed by atoms with E-state index >= 15 is 0 Å². The van der Waals surface area contributed by atoms with Gasteiger partial charge in [-0.25, -0.2) is 0 Å². The highest BCUT2D eigenvalue weighted by molar-refractivity contribution is 7.18. The number of benzene rings is 2. The largest absolute Gasteiger partial charge is 0.497 e. The summed E-state index contributed by atoms with van der Waals surface area (Å²) in [6.45, 7) is 0. The molecule has 0 spiro atoms. The number of nitrogens with one attached hydrogen (secondary N) is 1. The summed E-state index contributed by atoms with van der Waals surface area (Å²) in [7, 11) is 3.16. The number of rotatable bonds is 6. The van der Waals surface area contributed by atoms with Crippen LogP contribution in [0, 0.1) is 0 Å². The maximum Gasteiger partial charge on any atom is 0.250 e. The molecule has 3 rings (SSSR count). The van der Waals surface area contributed by atoms with Gasteiger partial charge in [-0.1, -0.05) is 41.7 Å². The molecule has 0 unspecified atom stereocenters. The van der Waals surface area contributed by atoms with E-state index in [1.807, 2.05) is 30.3 Å². The summed E-state index contributed by atoms with van der Waals surface area (Å²) < 4.78 is 10.5. The van der Waals surface area contributed by atoms with Crippen molar-refractivity contribution < 1.29 is 14.3 Å². The first-order valence-corrected chi connectivity index (χ1v) is 8.61. The summed E-state index contributed by atoms with van der Waals surface area (Å²) in [5.74, 6) is 1.03. The van der Waals surface area contributed by atoms with Gasteiger partial charge < -0.3 is 9.47 Å². The Morgan fingerprint density at radius 3 is 2.62 bits per heavy atom. The Kier molecular flexibility index (Phi) is 5.60. The fourth-order valence-corrected chi connectivity index (χ4v) is 3.01. The smallest absolute Gasteiger partial charge is 0.250 e. The average molecular weight is 367 g/mol. The molecule has 0 bridgehead atoms. The van der Waals surface area contributed by atoms with Gasteiger partial charge in [-0.2, -0.15) is 0 Å². The first-order chi connectivity index (χ1) is 12.7. The van der Waals surface area contributed by atoms with E-state index in [-0.39, 0.29) is 5.91 Å². The lowest BCUT2D eigenvalue weighted by Gasteiger charge is -2.07. The third kappa shape index (κ3) is 4.25. The van der Waals surface area contributed by atoms with E-state index in [2.05, 4.69) is 15.5 Å². The minimum Gasteiger partial charge on any atom is -0.497 e. The molecular weight excluding hydrogens is 350 g/mol. The van der Waals surface area contributed by atoms with Crippen LogP contribution in [0.25, 0.3) is 16.6 Å². The molecular formula is C19H17N3O3S. The number of anilines is 1. The SMILES string of the molecule is COc1ccc(OC)c(/C=C/C(=O)Nc2nnc(-c3ccccc3)s2)c1. The fraction of sp³-hybridized carbons (Fsp3) is 0.105. The van der Waals surface area contributed by atoms with Crippen LogP contribution < -0.4 is 14.8 Å². The number of carbonyl (C=O) groups excluding carboxylic acids is 1. The Hall–Kier alpha value is -3.19. The lowest BCUT2D eigenvalue weighted by atomic mass is 10.1. The van der Waals surface area contributed by atoms with Gasteiger partial charge in [-0.05, 0) is 24.3 Å². The van der Waals surface area contributed by atoms with Crippen LogP contribution in [0.3, 0.4) is 0 Å². The topological polar surface area (TPSA) is 73.3 Å². The first-order valence-electron chi connectivity index (χ1n) is 7.79. The van der Waals surface area contributed by atoms with Gasteiger partial charge in [0.05, 0.1) is 14.2 Å². The van der Waals surface area contributed by atoms with Gasteiger partial charge in [0.1, 0.15) is 16.5 Å². The molecule has 1 N–H and O–H groups in total. The molecule has 1 aromatic heterocycles. The summed E-state index contributed by atoms with van der Waals surface area (Å²) in [6.07, 6.45) is 3.08. The van der Waals surface area contributed by atoms with Crippen molar-refractivity contribution in [1.29, 1.82) is 0 Å². The van der Waals surface area contributed by atoms with Crippen LogP contribution in [-0.2, 0) is 4.79 Å². The summed E-state index contributed by atoms with van der Waals surface area (Å²) in [5.41, 5.74) is 1.70. The average Bonchev–Trinajstić information content (AvgIpc) is 3.15. The van der Waals surface area contributed by atoms with E-state index in [0.29, 0.717) is 16.6 Å². The zero-order valence-electron chi connectivity index (χ0n) is 14.3. The van der Waals surface area contributed by atoms with Crippen LogP contribution in [-0.4, -0.2) is 30.3 Å². The third-order valence-electron chi connectivity index (χ3n) is 3.53. The van der Waals surface area contributed by atoms with E-state index in [9.17, 15) is 4.79 Å². The number of carbonyl (C=O) groups is 1. The van der Waals surface area contributed by atoms with Crippen LogP contribution in [0.1, 0.15) is 5.56 Å². The van der Waals surface area contributed by atoms with Gasteiger partial charge in [-0.15, -0.1) is 10.2 Å². The zero-order valence-corrected chi connectivity index (χ0v) is 15.1. The molecule has 0 fully saturated rings. The molecule has 1 heterocycles. The van der Waals surface area contributed by atoms with Crippen LogP contribution in [0.15, 0.2) is 54.6 Å². The first kappa shape index (κ1) is 17.6. The van der Waals surface area contributed by atoms with Crippen molar-refractivity contribution in [1.82, 2.24) is 10.2 Å². The van der Waals surface area contributed by atoms with Crippen LogP contribution in [0.4, 0.5) is 5.13 Å². The third-order valence-corrected chi connectivity index (χ3v) is 4.41. The molecule has 132 valence electrons. The van der Waals surface area contributed by atoms with Crippen LogP contribution in [0.2, 0.25) is 0 Å². The molecule has 0 aliphatic carbocycles. The molecule has 0 radical (unpaired) electrons. The lowest BCUT2D eigenvalue weighted by molar-refractivity contribution is -0.111. The van der Waals surface area contributed by atoms with Gasteiger partial charge in [0.25, 0.3) is 0 Å². The predicted molar refractivity (Wildman–Crippen MR) is 103 cm³/mol. The number of hydrogen-bond donors (Lipinski definition) is 1. The maximum atomic E-state index is 12.2. The highest BCUT2D eigenvalue weighted by Crippen LogP contribution is 2.27. The molecule has 2 aromatic carbocycles. The summed E-state index contributed by atoms with van der Waals surface area (Å²) in [5, 5.41) is 12.0. The minimum atomic E-state index is -0.300. The van der Waals surface area contributed by atoms with Crippen molar-refractivity contribution in [2.24, 2.45) is 0 Å². The molecule has 7 heteroatoms. The Balaban J connectivity index is 1.70. The monoisotopic (exact) mass is 367 g/mol. The lowest BCUT2D eigenvalue weighted by Crippen LogP contribution is -2.07. The molecule has 0 saturated heterocycles. The number of aromatic nitrogens is 2. The van der Waals surface area contributed by atoms with E-state index in [1.165, 1.54) is 17.4 Å². The van der Waals surface area contributed by atoms with Gasteiger partial charge in [-0.3, -0.25) is 10.1 Å². The molecule has 0 aliphatic rings.